The molecule has 1 aliphatic rings. The molecule has 3 heterocycles. The highest BCUT2D eigenvalue weighted by molar-refractivity contribution is 5.59. The number of aromatic amines is 1. The third-order valence-electron chi connectivity index (χ3n) is 5.09. The number of benzene rings is 1. The van der Waals surface area contributed by atoms with Crippen molar-refractivity contribution in [3.05, 3.63) is 81.4 Å². The van der Waals surface area contributed by atoms with Gasteiger partial charge in [-0.25, -0.2) is 9.37 Å². The molecule has 1 N–H and O–H groups in total. The van der Waals surface area contributed by atoms with Gasteiger partial charge in [0.25, 0.3) is 5.56 Å². The first kappa shape index (κ1) is 18.5. The Morgan fingerprint density at radius 2 is 2.04 bits per heavy atom. The van der Waals surface area contributed by atoms with Crippen molar-refractivity contribution >= 4 is 0 Å². The fourth-order valence-corrected chi connectivity index (χ4v) is 3.51. The second kappa shape index (κ2) is 7.64. The summed E-state index contributed by atoms with van der Waals surface area (Å²) in [6.07, 6.45) is 2.54. The summed E-state index contributed by atoms with van der Waals surface area (Å²) in [5.41, 5.74) is 3.79. The van der Waals surface area contributed by atoms with Gasteiger partial charge in [-0.1, -0.05) is 32.0 Å². The van der Waals surface area contributed by atoms with Gasteiger partial charge in [0.05, 0.1) is 17.0 Å². The molecule has 5 nitrogen and oxygen atoms in total. The maximum absolute atomic E-state index is 13.9. The standard InChI is InChI=1S/C22H23FN4O/c1-14(2)21-25-20-9-10-27(13-17(20)22(28)26-21)12-15-7-8-19(24-11-15)16-5-3-4-6-18(16)23/h3-8,11,14H,9-10,12-13H2,1-2H3,(H,25,26,28). The topological polar surface area (TPSA) is 61.9 Å². The highest BCUT2D eigenvalue weighted by Crippen LogP contribution is 2.22. The summed E-state index contributed by atoms with van der Waals surface area (Å²) in [5, 5.41) is 0. The molecule has 0 saturated carbocycles. The molecule has 0 amide bonds. The summed E-state index contributed by atoms with van der Waals surface area (Å²) in [4.78, 5) is 26.6. The molecule has 4 rings (SSSR count). The number of pyridine rings is 1. The number of hydrogen-bond donors (Lipinski definition) is 1. The lowest BCUT2D eigenvalue weighted by atomic mass is 10.0. The minimum absolute atomic E-state index is 0.0357. The van der Waals surface area contributed by atoms with Gasteiger partial charge in [-0.2, -0.15) is 0 Å². The molecule has 0 aliphatic carbocycles. The Balaban J connectivity index is 1.49. The fourth-order valence-electron chi connectivity index (χ4n) is 3.51. The maximum Gasteiger partial charge on any atom is 0.255 e. The zero-order valence-corrected chi connectivity index (χ0v) is 16.1. The summed E-state index contributed by atoms with van der Waals surface area (Å²) in [7, 11) is 0. The van der Waals surface area contributed by atoms with Crippen molar-refractivity contribution < 1.29 is 4.39 Å². The molecule has 0 spiro atoms. The van der Waals surface area contributed by atoms with Gasteiger partial charge in [0.2, 0.25) is 0 Å². The van der Waals surface area contributed by atoms with Gasteiger partial charge < -0.3 is 4.98 Å². The van der Waals surface area contributed by atoms with Crippen molar-refractivity contribution in [1.29, 1.82) is 0 Å². The number of H-pyrrole nitrogens is 1. The lowest BCUT2D eigenvalue weighted by Gasteiger charge is -2.28. The molecule has 0 unspecified atom stereocenters. The number of nitrogens with one attached hydrogen (secondary N) is 1. The molecule has 1 aliphatic heterocycles. The Kier molecular flexibility index (Phi) is 5.05. The van der Waals surface area contributed by atoms with E-state index in [-0.39, 0.29) is 17.3 Å². The van der Waals surface area contributed by atoms with Gasteiger partial charge in [-0.15, -0.1) is 0 Å². The van der Waals surface area contributed by atoms with Crippen LogP contribution in [0.5, 0.6) is 0 Å². The van der Waals surface area contributed by atoms with Crippen LogP contribution in [0, 0.1) is 5.82 Å². The van der Waals surface area contributed by atoms with Gasteiger partial charge in [0, 0.05) is 43.7 Å². The average molecular weight is 378 g/mol. The Morgan fingerprint density at radius 1 is 1.21 bits per heavy atom. The second-order valence-corrected chi connectivity index (χ2v) is 7.52. The van der Waals surface area contributed by atoms with Crippen molar-refractivity contribution in [3.8, 4) is 11.3 Å². The van der Waals surface area contributed by atoms with E-state index in [0.29, 0.717) is 24.3 Å². The number of halogens is 1. The van der Waals surface area contributed by atoms with E-state index >= 15 is 0 Å². The van der Waals surface area contributed by atoms with Crippen molar-refractivity contribution in [2.45, 2.75) is 39.3 Å². The average Bonchev–Trinajstić information content (AvgIpc) is 2.69. The molecular formula is C22H23FN4O. The van der Waals surface area contributed by atoms with Crippen LogP contribution < -0.4 is 5.56 Å². The van der Waals surface area contributed by atoms with E-state index < -0.39 is 0 Å². The van der Waals surface area contributed by atoms with Crippen molar-refractivity contribution in [3.63, 3.8) is 0 Å². The van der Waals surface area contributed by atoms with Gasteiger partial charge in [0.1, 0.15) is 11.6 Å². The summed E-state index contributed by atoms with van der Waals surface area (Å²) >= 11 is 0. The first-order valence-corrected chi connectivity index (χ1v) is 9.55. The first-order chi connectivity index (χ1) is 13.5. The molecule has 0 radical (unpaired) electrons. The van der Waals surface area contributed by atoms with Crippen LogP contribution in [0.4, 0.5) is 4.39 Å². The van der Waals surface area contributed by atoms with Crippen molar-refractivity contribution in [2.24, 2.45) is 0 Å². The number of fused-ring (bicyclic) bond motifs is 1. The van der Waals surface area contributed by atoms with E-state index in [0.717, 1.165) is 35.6 Å². The zero-order valence-electron chi connectivity index (χ0n) is 16.1. The summed E-state index contributed by atoms with van der Waals surface area (Å²) in [6, 6.07) is 10.4. The molecule has 0 saturated heterocycles. The Labute approximate surface area is 163 Å². The molecule has 0 atom stereocenters. The molecule has 2 aromatic heterocycles. The first-order valence-electron chi connectivity index (χ1n) is 9.55. The summed E-state index contributed by atoms with van der Waals surface area (Å²) in [5.74, 6) is 0.683. The number of rotatable bonds is 4. The minimum Gasteiger partial charge on any atom is -0.310 e. The molecule has 0 bridgehead atoms. The quantitative estimate of drug-likeness (QED) is 0.753. The van der Waals surface area contributed by atoms with E-state index in [1.165, 1.54) is 6.07 Å². The smallest absolute Gasteiger partial charge is 0.255 e. The Hall–Kier alpha value is -2.86. The molecule has 1 aromatic carbocycles. The van der Waals surface area contributed by atoms with Crippen LogP contribution in [0.3, 0.4) is 0 Å². The highest BCUT2D eigenvalue weighted by Gasteiger charge is 2.22. The lowest BCUT2D eigenvalue weighted by Crippen LogP contribution is -2.36. The van der Waals surface area contributed by atoms with Gasteiger partial charge in [-0.05, 0) is 23.8 Å². The fraction of sp³-hybridized carbons (Fsp3) is 0.318. The van der Waals surface area contributed by atoms with E-state index in [9.17, 15) is 9.18 Å². The SMILES string of the molecule is CC(C)c1nc2c(c(=O)[nH]1)CN(Cc1ccc(-c3ccccc3F)nc1)CC2. The third-order valence-corrected chi connectivity index (χ3v) is 5.09. The number of hydrogen-bond acceptors (Lipinski definition) is 4. The molecule has 28 heavy (non-hydrogen) atoms. The van der Waals surface area contributed by atoms with Crippen LogP contribution in [0.25, 0.3) is 11.3 Å². The normalized spacial score (nSPS) is 14.3. The van der Waals surface area contributed by atoms with E-state index in [1.807, 2.05) is 26.0 Å². The number of nitrogens with zero attached hydrogens (tertiary/aromatic N) is 3. The van der Waals surface area contributed by atoms with Gasteiger partial charge >= 0.3 is 0 Å². The molecule has 6 heteroatoms. The molecular weight excluding hydrogens is 355 g/mol. The molecule has 144 valence electrons. The van der Waals surface area contributed by atoms with Gasteiger partial charge in [0.15, 0.2) is 0 Å². The predicted molar refractivity (Wildman–Crippen MR) is 106 cm³/mol. The number of aromatic nitrogens is 3. The largest absolute Gasteiger partial charge is 0.310 e. The third kappa shape index (κ3) is 3.73. The Bertz CT molecular complexity index is 1040. The van der Waals surface area contributed by atoms with E-state index in [2.05, 4.69) is 19.9 Å². The van der Waals surface area contributed by atoms with Crippen molar-refractivity contribution in [1.82, 2.24) is 19.9 Å². The molecule has 0 fully saturated rings. The van der Waals surface area contributed by atoms with E-state index in [4.69, 9.17) is 0 Å². The van der Waals surface area contributed by atoms with Crippen LogP contribution >= 0.6 is 0 Å². The highest BCUT2D eigenvalue weighted by atomic mass is 19.1. The lowest BCUT2D eigenvalue weighted by molar-refractivity contribution is 0.241. The van der Waals surface area contributed by atoms with Crippen LogP contribution in [-0.4, -0.2) is 26.4 Å². The van der Waals surface area contributed by atoms with Gasteiger partial charge in [-0.3, -0.25) is 14.7 Å². The van der Waals surface area contributed by atoms with E-state index in [1.54, 1.807) is 24.4 Å². The summed E-state index contributed by atoms with van der Waals surface area (Å²) < 4.78 is 13.9. The van der Waals surface area contributed by atoms with Crippen molar-refractivity contribution in [2.75, 3.05) is 6.54 Å². The van der Waals surface area contributed by atoms with Crippen LogP contribution in [0.1, 0.15) is 42.4 Å². The second-order valence-electron chi connectivity index (χ2n) is 7.52. The predicted octanol–water partition coefficient (Wildman–Crippen LogP) is 3.65. The zero-order chi connectivity index (χ0) is 19.7. The monoisotopic (exact) mass is 378 g/mol. The molecule has 3 aromatic rings. The maximum atomic E-state index is 13.9. The van der Waals surface area contributed by atoms with Crippen LogP contribution in [0.15, 0.2) is 47.4 Å². The van der Waals surface area contributed by atoms with Crippen LogP contribution in [-0.2, 0) is 19.5 Å². The summed E-state index contributed by atoms with van der Waals surface area (Å²) in [6.45, 7) is 6.16. The Morgan fingerprint density at radius 3 is 2.75 bits per heavy atom. The minimum atomic E-state index is -0.275. The van der Waals surface area contributed by atoms with Crippen LogP contribution in [0.2, 0.25) is 0 Å².